The van der Waals surface area contributed by atoms with Gasteiger partial charge in [0.15, 0.2) is 5.75 Å². The molecule has 2 aromatic carbocycles. The summed E-state index contributed by atoms with van der Waals surface area (Å²) in [6, 6.07) is 17.0. The van der Waals surface area contributed by atoms with Gasteiger partial charge < -0.3 is 20.3 Å². The lowest BCUT2D eigenvalue weighted by Gasteiger charge is -2.25. The van der Waals surface area contributed by atoms with Gasteiger partial charge in [0.2, 0.25) is 5.91 Å². The smallest absolute Gasteiger partial charge is 0.315 e. The maximum atomic E-state index is 12.3. The van der Waals surface area contributed by atoms with Crippen molar-refractivity contribution in [3.05, 3.63) is 54.6 Å². The Hall–Kier alpha value is -3.02. The van der Waals surface area contributed by atoms with Gasteiger partial charge in [-0.3, -0.25) is 4.79 Å². The summed E-state index contributed by atoms with van der Waals surface area (Å²) in [5, 5.41) is 5.90. The predicted molar refractivity (Wildman–Crippen MR) is 114 cm³/mol. The summed E-state index contributed by atoms with van der Waals surface area (Å²) in [7, 11) is 0. The molecule has 1 aliphatic rings. The fourth-order valence-electron chi connectivity index (χ4n) is 3.59. The highest BCUT2D eigenvalue weighted by Gasteiger charge is 2.18. The third kappa shape index (κ3) is 6.24. The molecule has 0 spiro atoms. The summed E-state index contributed by atoms with van der Waals surface area (Å²) in [5.74, 6) is 1.19. The molecular formula is C23H29N3O3. The molecule has 0 aromatic heterocycles. The average Bonchev–Trinajstić information content (AvgIpc) is 2.73. The normalized spacial score (nSPS) is 14.1. The molecule has 0 unspecified atom stereocenters. The second-order valence-corrected chi connectivity index (χ2v) is 7.29. The Morgan fingerprint density at radius 2 is 1.69 bits per heavy atom. The molecule has 1 saturated carbocycles. The second-order valence-electron chi connectivity index (χ2n) is 7.29. The van der Waals surface area contributed by atoms with Crippen LogP contribution in [0.25, 0.3) is 0 Å². The molecule has 0 saturated heterocycles. The Labute approximate surface area is 172 Å². The number of amides is 3. The summed E-state index contributed by atoms with van der Waals surface area (Å²) < 4.78 is 5.97. The lowest BCUT2D eigenvalue weighted by atomic mass is 9.96. The SMILES string of the molecule is CC(=O)N(CCNC(=O)NC1CCCCC1)c1ccccc1Oc1ccccc1. The van der Waals surface area contributed by atoms with Crippen molar-refractivity contribution in [2.75, 3.05) is 18.0 Å². The predicted octanol–water partition coefficient (Wildman–Crippen LogP) is 4.46. The highest BCUT2D eigenvalue weighted by molar-refractivity contribution is 5.93. The van der Waals surface area contributed by atoms with Crippen LogP contribution in [0.3, 0.4) is 0 Å². The molecule has 6 nitrogen and oxygen atoms in total. The fraction of sp³-hybridized carbons (Fsp3) is 0.391. The Balaban J connectivity index is 1.59. The largest absolute Gasteiger partial charge is 0.455 e. The van der Waals surface area contributed by atoms with Crippen molar-refractivity contribution in [1.82, 2.24) is 10.6 Å². The molecule has 1 fully saturated rings. The van der Waals surface area contributed by atoms with Gasteiger partial charge >= 0.3 is 6.03 Å². The van der Waals surface area contributed by atoms with Crippen LogP contribution in [0.5, 0.6) is 11.5 Å². The van der Waals surface area contributed by atoms with E-state index < -0.39 is 0 Å². The topological polar surface area (TPSA) is 70.7 Å². The molecule has 0 radical (unpaired) electrons. The van der Waals surface area contributed by atoms with Gasteiger partial charge in [0, 0.05) is 26.1 Å². The van der Waals surface area contributed by atoms with Gasteiger partial charge in [0.05, 0.1) is 5.69 Å². The molecular weight excluding hydrogens is 366 g/mol. The minimum Gasteiger partial charge on any atom is -0.455 e. The monoisotopic (exact) mass is 395 g/mol. The molecule has 0 bridgehead atoms. The minimum atomic E-state index is -0.172. The van der Waals surface area contributed by atoms with Crippen molar-refractivity contribution < 1.29 is 14.3 Å². The summed E-state index contributed by atoms with van der Waals surface area (Å²) in [4.78, 5) is 26.1. The molecule has 0 heterocycles. The fourth-order valence-corrected chi connectivity index (χ4v) is 3.59. The van der Waals surface area contributed by atoms with E-state index in [1.807, 2.05) is 54.6 Å². The maximum absolute atomic E-state index is 12.3. The quantitative estimate of drug-likeness (QED) is 0.727. The summed E-state index contributed by atoms with van der Waals surface area (Å²) in [6.45, 7) is 2.24. The standard InChI is InChI=1S/C23H29N3O3/c1-18(27)26(17-16-24-23(28)25-19-10-4-2-5-11-19)21-14-8-9-15-22(21)29-20-12-6-3-7-13-20/h3,6-9,12-15,19H,2,4-5,10-11,16-17H2,1H3,(H2,24,25,28). The van der Waals surface area contributed by atoms with Gasteiger partial charge in [-0.2, -0.15) is 0 Å². The second kappa shape index (κ2) is 10.5. The first-order valence-corrected chi connectivity index (χ1v) is 10.3. The number of rotatable bonds is 7. The number of hydrogen-bond donors (Lipinski definition) is 2. The molecule has 2 aromatic rings. The van der Waals surface area contributed by atoms with E-state index in [1.165, 1.54) is 26.2 Å². The zero-order valence-electron chi connectivity index (χ0n) is 16.9. The van der Waals surface area contributed by atoms with Crippen LogP contribution in [0, 0.1) is 0 Å². The number of hydrogen-bond acceptors (Lipinski definition) is 3. The average molecular weight is 396 g/mol. The zero-order chi connectivity index (χ0) is 20.5. The molecule has 6 heteroatoms. The van der Waals surface area contributed by atoms with E-state index in [0.29, 0.717) is 30.3 Å². The van der Waals surface area contributed by atoms with Crippen LogP contribution in [0.15, 0.2) is 54.6 Å². The van der Waals surface area contributed by atoms with Crippen LogP contribution in [0.4, 0.5) is 10.5 Å². The van der Waals surface area contributed by atoms with Crippen LogP contribution in [-0.4, -0.2) is 31.1 Å². The van der Waals surface area contributed by atoms with Crippen LogP contribution >= 0.6 is 0 Å². The van der Waals surface area contributed by atoms with Crippen LogP contribution < -0.4 is 20.3 Å². The molecule has 3 rings (SSSR count). The van der Waals surface area contributed by atoms with Crippen molar-refractivity contribution >= 4 is 17.6 Å². The first-order valence-electron chi connectivity index (χ1n) is 10.3. The first-order chi connectivity index (χ1) is 14.1. The van der Waals surface area contributed by atoms with Crippen LogP contribution in [0.2, 0.25) is 0 Å². The summed E-state index contributed by atoms with van der Waals surface area (Å²) in [6.07, 6.45) is 5.66. The first kappa shape index (κ1) is 20.7. The van der Waals surface area contributed by atoms with E-state index in [2.05, 4.69) is 10.6 Å². The van der Waals surface area contributed by atoms with E-state index in [4.69, 9.17) is 4.74 Å². The lowest BCUT2D eigenvalue weighted by Crippen LogP contribution is -2.45. The van der Waals surface area contributed by atoms with E-state index in [9.17, 15) is 9.59 Å². The summed E-state index contributed by atoms with van der Waals surface area (Å²) in [5.41, 5.74) is 0.679. The number of benzene rings is 2. The lowest BCUT2D eigenvalue weighted by molar-refractivity contribution is -0.116. The number of carbonyl (C=O) groups is 2. The highest BCUT2D eigenvalue weighted by atomic mass is 16.5. The molecule has 0 atom stereocenters. The number of anilines is 1. The van der Waals surface area contributed by atoms with Crippen molar-refractivity contribution in [2.24, 2.45) is 0 Å². The van der Waals surface area contributed by atoms with Gasteiger partial charge in [0.1, 0.15) is 5.75 Å². The number of nitrogens with one attached hydrogen (secondary N) is 2. The number of nitrogens with zero attached hydrogens (tertiary/aromatic N) is 1. The zero-order valence-corrected chi connectivity index (χ0v) is 16.9. The number of urea groups is 1. The van der Waals surface area contributed by atoms with E-state index in [0.717, 1.165) is 12.8 Å². The van der Waals surface area contributed by atoms with Crippen molar-refractivity contribution in [3.8, 4) is 11.5 Å². The molecule has 1 aliphatic carbocycles. The molecule has 2 N–H and O–H groups in total. The van der Waals surface area contributed by atoms with Gasteiger partial charge in [-0.1, -0.05) is 49.6 Å². The number of para-hydroxylation sites is 3. The number of carbonyl (C=O) groups excluding carboxylic acids is 2. The van der Waals surface area contributed by atoms with Crippen molar-refractivity contribution in [3.63, 3.8) is 0 Å². The third-order valence-corrected chi connectivity index (χ3v) is 5.07. The number of ether oxygens (including phenoxy) is 1. The minimum absolute atomic E-state index is 0.108. The van der Waals surface area contributed by atoms with Gasteiger partial charge in [0.25, 0.3) is 0 Å². The van der Waals surface area contributed by atoms with Gasteiger partial charge in [-0.05, 0) is 37.1 Å². The molecule has 29 heavy (non-hydrogen) atoms. The van der Waals surface area contributed by atoms with E-state index in [-0.39, 0.29) is 18.0 Å². The Kier molecular flexibility index (Phi) is 7.50. The van der Waals surface area contributed by atoms with Crippen LogP contribution in [0.1, 0.15) is 39.0 Å². The van der Waals surface area contributed by atoms with E-state index >= 15 is 0 Å². The van der Waals surface area contributed by atoms with Crippen molar-refractivity contribution in [2.45, 2.75) is 45.1 Å². The van der Waals surface area contributed by atoms with Crippen molar-refractivity contribution in [1.29, 1.82) is 0 Å². The Morgan fingerprint density at radius 1 is 1.00 bits per heavy atom. The maximum Gasteiger partial charge on any atom is 0.315 e. The summed E-state index contributed by atoms with van der Waals surface area (Å²) >= 11 is 0. The molecule has 154 valence electrons. The van der Waals surface area contributed by atoms with E-state index in [1.54, 1.807) is 4.90 Å². The van der Waals surface area contributed by atoms with Gasteiger partial charge in [-0.25, -0.2) is 4.79 Å². The Bertz CT molecular complexity index is 804. The van der Waals surface area contributed by atoms with Crippen LogP contribution in [-0.2, 0) is 4.79 Å². The molecule has 0 aliphatic heterocycles. The van der Waals surface area contributed by atoms with Gasteiger partial charge in [-0.15, -0.1) is 0 Å². The third-order valence-electron chi connectivity index (χ3n) is 5.07. The highest BCUT2D eigenvalue weighted by Crippen LogP contribution is 2.32. The molecule has 3 amide bonds. The Morgan fingerprint density at radius 3 is 2.41 bits per heavy atom.